The molecule has 0 aromatic heterocycles. The molecule has 0 unspecified atom stereocenters. The molecule has 0 spiro atoms. The first-order chi connectivity index (χ1) is 12.3. The van der Waals surface area contributed by atoms with Gasteiger partial charge in [-0.2, -0.15) is 0 Å². The van der Waals surface area contributed by atoms with E-state index in [0.29, 0.717) is 18.6 Å². The number of ether oxygens (including phenoxy) is 1. The lowest BCUT2D eigenvalue weighted by atomic mass is 9.85. The lowest BCUT2D eigenvalue weighted by Crippen LogP contribution is -2.39. The number of nitrogens with zero attached hydrogens (tertiary/aromatic N) is 2. The number of hydrogen-bond acceptors (Lipinski definition) is 4. The molecule has 5 nitrogen and oxygen atoms in total. The maximum absolute atomic E-state index is 11.9. The fourth-order valence-corrected chi connectivity index (χ4v) is 4.01. The standard InChI is InChI=1S/C21H34N2O3/c1-16(2)14-22(18-9-7-6-8-10-18)19-12-11-17(13-20(19)23(24)25)21(3,4)15-26-5/h11-13,16,18H,6-10,14-15H2,1-5H3. The van der Waals surface area contributed by atoms with Gasteiger partial charge in [-0.25, -0.2) is 0 Å². The van der Waals surface area contributed by atoms with Crippen LogP contribution in [0.5, 0.6) is 0 Å². The Morgan fingerprint density at radius 3 is 2.46 bits per heavy atom. The first-order valence-corrected chi connectivity index (χ1v) is 9.80. The van der Waals surface area contributed by atoms with Crippen LogP contribution in [-0.2, 0) is 10.2 Å². The van der Waals surface area contributed by atoms with Crippen LogP contribution in [0.15, 0.2) is 18.2 Å². The van der Waals surface area contributed by atoms with E-state index in [9.17, 15) is 10.1 Å². The van der Waals surface area contributed by atoms with Crippen molar-refractivity contribution in [1.29, 1.82) is 0 Å². The molecular weight excluding hydrogens is 328 g/mol. The molecule has 0 bridgehead atoms. The van der Waals surface area contributed by atoms with E-state index < -0.39 is 0 Å². The van der Waals surface area contributed by atoms with E-state index in [1.807, 2.05) is 12.1 Å². The molecule has 0 saturated heterocycles. The second-order valence-corrected chi connectivity index (χ2v) is 8.62. The van der Waals surface area contributed by atoms with Crippen LogP contribution in [0.4, 0.5) is 11.4 Å². The molecule has 0 aliphatic heterocycles. The van der Waals surface area contributed by atoms with Crippen molar-refractivity contribution in [3.8, 4) is 0 Å². The number of nitro groups is 1. The van der Waals surface area contributed by atoms with Gasteiger partial charge in [0.2, 0.25) is 0 Å². The van der Waals surface area contributed by atoms with E-state index in [1.165, 1.54) is 19.3 Å². The average Bonchev–Trinajstić information content (AvgIpc) is 2.59. The van der Waals surface area contributed by atoms with Gasteiger partial charge in [-0.05, 0) is 30.4 Å². The second kappa shape index (κ2) is 8.85. The van der Waals surface area contributed by atoms with Crippen LogP contribution >= 0.6 is 0 Å². The summed E-state index contributed by atoms with van der Waals surface area (Å²) in [7, 11) is 1.66. The van der Waals surface area contributed by atoms with Gasteiger partial charge in [0, 0.05) is 31.2 Å². The van der Waals surface area contributed by atoms with E-state index in [1.54, 1.807) is 13.2 Å². The summed E-state index contributed by atoms with van der Waals surface area (Å²) >= 11 is 0. The SMILES string of the molecule is COCC(C)(C)c1ccc(N(CC(C)C)C2CCCCC2)c([N+](=O)[O-])c1. The summed E-state index contributed by atoms with van der Waals surface area (Å²) in [4.78, 5) is 14.0. The number of rotatable bonds is 8. The summed E-state index contributed by atoms with van der Waals surface area (Å²) < 4.78 is 5.31. The predicted molar refractivity (Wildman–Crippen MR) is 107 cm³/mol. The summed E-state index contributed by atoms with van der Waals surface area (Å²) in [5.41, 5.74) is 1.68. The van der Waals surface area contributed by atoms with Gasteiger partial charge < -0.3 is 9.64 Å². The van der Waals surface area contributed by atoms with Gasteiger partial charge in [0.05, 0.1) is 11.5 Å². The molecule has 1 saturated carbocycles. The smallest absolute Gasteiger partial charge is 0.292 e. The van der Waals surface area contributed by atoms with Crippen LogP contribution < -0.4 is 4.90 Å². The summed E-state index contributed by atoms with van der Waals surface area (Å²) in [6.45, 7) is 9.86. The minimum atomic E-state index is -0.258. The number of nitro benzene ring substituents is 1. The van der Waals surface area contributed by atoms with Gasteiger partial charge in [-0.15, -0.1) is 0 Å². The Labute approximate surface area is 157 Å². The van der Waals surface area contributed by atoms with Crippen LogP contribution in [0, 0.1) is 16.0 Å². The highest BCUT2D eigenvalue weighted by atomic mass is 16.6. The van der Waals surface area contributed by atoms with E-state index in [4.69, 9.17) is 4.74 Å². The zero-order valence-corrected chi connectivity index (χ0v) is 17.0. The van der Waals surface area contributed by atoms with Gasteiger partial charge in [0.1, 0.15) is 5.69 Å². The summed E-state index contributed by atoms with van der Waals surface area (Å²) in [5.74, 6) is 0.459. The Bertz CT molecular complexity index is 607. The molecule has 0 atom stereocenters. The molecule has 1 aromatic rings. The molecule has 1 aliphatic carbocycles. The van der Waals surface area contributed by atoms with E-state index >= 15 is 0 Å². The van der Waals surface area contributed by atoms with E-state index in [2.05, 4.69) is 32.6 Å². The lowest BCUT2D eigenvalue weighted by molar-refractivity contribution is -0.384. The Morgan fingerprint density at radius 1 is 1.27 bits per heavy atom. The Hall–Kier alpha value is -1.62. The Morgan fingerprint density at radius 2 is 1.92 bits per heavy atom. The molecule has 0 amide bonds. The minimum absolute atomic E-state index is 0.220. The third-order valence-electron chi connectivity index (χ3n) is 5.35. The number of methoxy groups -OCH3 is 1. The maximum atomic E-state index is 11.9. The van der Waals surface area contributed by atoms with Crippen molar-refractivity contribution < 1.29 is 9.66 Å². The normalized spacial score (nSPS) is 16.1. The average molecular weight is 363 g/mol. The highest BCUT2D eigenvalue weighted by Crippen LogP contribution is 2.37. The molecule has 1 aliphatic rings. The molecule has 2 rings (SSSR count). The van der Waals surface area contributed by atoms with Gasteiger partial charge in [0.25, 0.3) is 5.69 Å². The third kappa shape index (κ3) is 4.97. The van der Waals surface area contributed by atoms with Gasteiger partial charge in [0.15, 0.2) is 0 Å². The highest BCUT2D eigenvalue weighted by molar-refractivity contribution is 5.65. The molecule has 26 heavy (non-hydrogen) atoms. The van der Waals surface area contributed by atoms with Gasteiger partial charge in [-0.3, -0.25) is 10.1 Å². The summed E-state index contributed by atoms with van der Waals surface area (Å²) in [6, 6.07) is 6.16. The van der Waals surface area contributed by atoms with Crippen LogP contribution in [0.3, 0.4) is 0 Å². The Balaban J connectivity index is 2.45. The fraction of sp³-hybridized carbons (Fsp3) is 0.714. The number of anilines is 1. The molecular formula is C21H34N2O3. The molecule has 1 fully saturated rings. The van der Waals surface area contributed by atoms with Crippen molar-refractivity contribution in [2.45, 2.75) is 71.3 Å². The van der Waals surface area contributed by atoms with Gasteiger partial charge in [-0.1, -0.05) is 53.0 Å². The fourth-order valence-electron chi connectivity index (χ4n) is 4.01. The van der Waals surface area contributed by atoms with Crippen LogP contribution in [-0.4, -0.2) is 31.2 Å². The zero-order valence-electron chi connectivity index (χ0n) is 17.0. The van der Waals surface area contributed by atoms with Crippen molar-refractivity contribution in [1.82, 2.24) is 0 Å². The topological polar surface area (TPSA) is 55.6 Å². The molecule has 0 radical (unpaired) electrons. The lowest BCUT2D eigenvalue weighted by Gasteiger charge is -2.37. The van der Waals surface area contributed by atoms with Crippen molar-refractivity contribution >= 4 is 11.4 Å². The molecule has 1 aromatic carbocycles. The zero-order chi connectivity index (χ0) is 19.3. The molecule has 0 heterocycles. The van der Waals surface area contributed by atoms with Crippen LogP contribution in [0.1, 0.15) is 65.4 Å². The van der Waals surface area contributed by atoms with Gasteiger partial charge >= 0.3 is 0 Å². The third-order valence-corrected chi connectivity index (χ3v) is 5.35. The van der Waals surface area contributed by atoms with Crippen molar-refractivity contribution in [3.05, 3.63) is 33.9 Å². The number of benzene rings is 1. The highest BCUT2D eigenvalue weighted by Gasteiger charge is 2.30. The minimum Gasteiger partial charge on any atom is -0.384 e. The molecule has 146 valence electrons. The second-order valence-electron chi connectivity index (χ2n) is 8.62. The monoisotopic (exact) mass is 362 g/mol. The van der Waals surface area contributed by atoms with Crippen molar-refractivity contribution in [3.63, 3.8) is 0 Å². The van der Waals surface area contributed by atoms with Crippen molar-refractivity contribution in [2.24, 2.45) is 5.92 Å². The van der Waals surface area contributed by atoms with Crippen LogP contribution in [0.25, 0.3) is 0 Å². The largest absolute Gasteiger partial charge is 0.384 e. The van der Waals surface area contributed by atoms with E-state index in [-0.39, 0.29) is 16.0 Å². The molecule has 5 heteroatoms. The first-order valence-electron chi connectivity index (χ1n) is 9.80. The quantitative estimate of drug-likeness (QED) is 0.464. The summed E-state index contributed by atoms with van der Waals surface area (Å²) in [6.07, 6.45) is 5.96. The molecule has 0 N–H and O–H groups in total. The summed E-state index contributed by atoms with van der Waals surface area (Å²) in [5, 5.41) is 11.9. The maximum Gasteiger partial charge on any atom is 0.292 e. The Kier molecular flexibility index (Phi) is 7.04. The first kappa shape index (κ1) is 20.7. The van der Waals surface area contributed by atoms with Crippen LogP contribution in [0.2, 0.25) is 0 Å². The van der Waals surface area contributed by atoms with E-state index in [0.717, 1.165) is 30.6 Å². The predicted octanol–water partition coefficient (Wildman–Crippen LogP) is 5.31. The van der Waals surface area contributed by atoms with Crippen molar-refractivity contribution in [2.75, 3.05) is 25.2 Å². The number of hydrogen-bond donors (Lipinski definition) is 0.